The number of carbonyl (C=O) groups excluding carboxylic acids is 1. The van der Waals surface area contributed by atoms with Crippen molar-refractivity contribution in [2.75, 3.05) is 25.5 Å². The fourth-order valence-corrected chi connectivity index (χ4v) is 3.98. The number of amides is 1. The van der Waals surface area contributed by atoms with E-state index in [2.05, 4.69) is 28.4 Å². The van der Waals surface area contributed by atoms with Crippen LogP contribution in [0.1, 0.15) is 36.4 Å². The van der Waals surface area contributed by atoms with Crippen LogP contribution in [0.25, 0.3) is 0 Å². The maximum Gasteiger partial charge on any atom is 0.226 e. The summed E-state index contributed by atoms with van der Waals surface area (Å²) in [6.45, 7) is 1.72. The van der Waals surface area contributed by atoms with E-state index in [1.807, 2.05) is 17.5 Å². The Bertz CT molecular complexity index is 764. The molecule has 1 N–H and O–H groups in total. The van der Waals surface area contributed by atoms with Gasteiger partial charge in [0.15, 0.2) is 0 Å². The van der Waals surface area contributed by atoms with Gasteiger partial charge in [-0.15, -0.1) is 11.3 Å². The first-order valence-electron chi connectivity index (χ1n) is 8.36. The Labute approximate surface area is 151 Å². The number of thiophene rings is 1. The standard InChI is InChI=1S/C19H21N3O2S/c1-24-16-6-4-14(5-7-16)17-3-2-10-22(17)11-8-18(23)21-19-15(13-20)9-12-25-19/h4-7,9,12,17H,2-3,8,10-11H2,1H3,(H,21,23)/t17-/m0/s1. The molecule has 0 spiro atoms. The van der Waals surface area contributed by atoms with Crippen molar-refractivity contribution in [1.29, 1.82) is 5.26 Å². The summed E-state index contributed by atoms with van der Waals surface area (Å²) in [5.41, 5.74) is 1.79. The summed E-state index contributed by atoms with van der Waals surface area (Å²) in [6.07, 6.45) is 2.68. The molecule has 25 heavy (non-hydrogen) atoms. The zero-order chi connectivity index (χ0) is 17.6. The molecule has 0 bridgehead atoms. The molecule has 1 amide bonds. The van der Waals surface area contributed by atoms with E-state index in [4.69, 9.17) is 10.00 Å². The predicted octanol–water partition coefficient (Wildman–Crippen LogP) is 3.79. The SMILES string of the molecule is COc1ccc([C@@H]2CCCN2CCC(=O)Nc2sccc2C#N)cc1. The van der Waals surface area contributed by atoms with Crippen molar-refractivity contribution in [3.8, 4) is 11.8 Å². The van der Waals surface area contributed by atoms with E-state index in [9.17, 15) is 4.79 Å². The second kappa shape index (κ2) is 8.15. The number of anilines is 1. The second-order valence-corrected chi connectivity index (χ2v) is 6.96. The van der Waals surface area contributed by atoms with Gasteiger partial charge in [0.25, 0.3) is 0 Å². The lowest BCUT2D eigenvalue weighted by Crippen LogP contribution is -2.27. The molecule has 1 saturated heterocycles. The Morgan fingerprint density at radius 2 is 2.20 bits per heavy atom. The number of methoxy groups -OCH3 is 1. The molecule has 3 rings (SSSR count). The third-order valence-electron chi connectivity index (χ3n) is 4.53. The average molecular weight is 355 g/mol. The third kappa shape index (κ3) is 4.19. The number of nitrogens with zero attached hydrogens (tertiary/aromatic N) is 2. The van der Waals surface area contributed by atoms with Gasteiger partial charge in [-0.25, -0.2) is 0 Å². The van der Waals surface area contributed by atoms with Crippen molar-refractivity contribution in [1.82, 2.24) is 4.90 Å². The van der Waals surface area contributed by atoms with Gasteiger partial charge < -0.3 is 10.1 Å². The minimum atomic E-state index is -0.0423. The topological polar surface area (TPSA) is 65.4 Å². The largest absolute Gasteiger partial charge is 0.497 e. The zero-order valence-electron chi connectivity index (χ0n) is 14.2. The number of benzene rings is 1. The van der Waals surface area contributed by atoms with Gasteiger partial charge in [0.2, 0.25) is 5.91 Å². The predicted molar refractivity (Wildman–Crippen MR) is 98.8 cm³/mol. The highest BCUT2D eigenvalue weighted by atomic mass is 32.1. The van der Waals surface area contributed by atoms with Crippen LogP contribution in [-0.2, 0) is 4.79 Å². The molecule has 0 aliphatic carbocycles. The van der Waals surface area contributed by atoms with Gasteiger partial charge in [-0.2, -0.15) is 5.26 Å². The summed E-state index contributed by atoms with van der Waals surface area (Å²) in [7, 11) is 1.67. The smallest absolute Gasteiger partial charge is 0.226 e. The highest BCUT2D eigenvalue weighted by Gasteiger charge is 2.26. The number of nitriles is 1. The van der Waals surface area contributed by atoms with Gasteiger partial charge in [-0.1, -0.05) is 12.1 Å². The molecule has 5 nitrogen and oxygen atoms in total. The molecule has 130 valence electrons. The van der Waals surface area contributed by atoms with Crippen LogP contribution in [0.15, 0.2) is 35.7 Å². The molecular formula is C19H21N3O2S. The van der Waals surface area contributed by atoms with E-state index in [1.54, 1.807) is 13.2 Å². The van der Waals surface area contributed by atoms with E-state index >= 15 is 0 Å². The Balaban J connectivity index is 1.56. The van der Waals surface area contributed by atoms with Crippen molar-refractivity contribution < 1.29 is 9.53 Å². The van der Waals surface area contributed by atoms with E-state index < -0.39 is 0 Å². The van der Waals surface area contributed by atoms with Gasteiger partial charge in [-0.05, 0) is 48.5 Å². The number of rotatable bonds is 6. The fraction of sp³-hybridized carbons (Fsp3) is 0.368. The van der Waals surface area contributed by atoms with Gasteiger partial charge in [0.05, 0.1) is 12.7 Å². The lowest BCUT2D eigenvalue weighted by Gasteiger charge is -2.24. The zero-order valence-corrected chi connectivity index (χ0v) is 15.0. The van der Waals surface area contributed by atoms with Crippen molar-refractivity contribution >= 4 is 22.2 Å². The molecule has 0 unspecified atom stereocenters. The third-order valence-corrected chi connectivity index (χ3v) is 5.36. The van der Waals surface area contributed by atoms with Crippen LogP contribution in [0.3, 0.4) is 0 Å². The molecule has 1 fully saturated rings. The molecule has 2 heterocycles. The number of nitrogens with one attached hydrogen (secondary N) is 1. The van der Waals surface area contributed by atoms with Crippen molar-refractivity contribution in [3.05, 3.63) is 46.8 Å². The van der Waals surface area contributed by atoms with Crippen LogP contribution in [0.2, 0.25) is 0 Å². The van der Waals surface area contributed by atoms with Crippen molar-refractivity contribution in [3.63, 3.8) is 0 Å². The minimum absolute atomic E-state index is 0.0423. The number of hydrogen-bond donors (Lipinski definition) is 1. The van der Waals surface area contributed by atoms with Gasteiger partial charge in [0, 0.05) is 19.0 Å². The normalized spacial score (nSPS) is 17.2. The minimum Gasteiger partial charge on any atom is -0.497 e. The summed E-state index contributed by atoms with van der Waals surface area (Å²) < 4.78 is 5.22. The van der Waals surface area contributed by atoms with Crippen LogP contribution < -0.4 is 10.1 Å². The molecule has 2 aromatic rings. The maximum atomic E-state index is 12.2. The van der Waals surface area contributed by atoms with Gasteiger partial charge >= 0.3 is 0 Å². The second-order valence-electron chi connectivity index (χ2n) is 6.04. The summed E-state index contributed by atoms with van der Waals surface area (Å²) in [5, 5.41) is 14.3. The van der Waals surface area contributed by atoms with Crippen LogP contribution in [0.4, 0.5) is 5.00 Å². The van der Waals surface area contributed by atoms with E-state index in [-0.39, 0.29) is 5.91 Å². The van der Waals surface area contributed by atoms with E-state index in [0.29, 0.717) is 23.0 Å². The van der Waals surface area contributed by atoms with Crippen LogP contribution >= 0.6 is 11.3 Å². The van der Waals surface area contributed by atoms with Crippen LogP contribution in [0, 0.1) is 11.3 Å². The number of carbonyl (C=O) groups is 1. The van der Waals surface area contributed by atoms with E-state index in [0.717, 1.165) is 31.7 Å². The quantitative estimate of drug-likeness (QED) is 0.856. The molecule has 1 aliphatic rings. The molecule has 1 atom stereocenters. The molecule has 0 saturated carbocycles. The van der Waals surface area contributed by atoms with Crippen molar-refractivity contribution in [2.45, 2.75) is 25.3 Å². The summed E-state index contributed by atoms with van der Waals surface area (Å²) >= 11 is 1.38. The number of likely N-dealkylation sites (tertiary alicyclic amines) is 1. The molecule has 6 heteroatoms. The van der Waals surface area contributed by atoms with Crippen LogP contribution in [0.5, 0.6) is 5.75 Å². The van der Waals surface area contributed by atoms with Crippen LogP contribution in [-0.4, -0.2) is 31.0 Å². The molecular weight excluding hydrogens is 334 g/mol. The average Bonchev–Trinajstić information content (AvgIpc) is 3.29. The van der Waals surface area contributed by atoms with Crippen molar-refractivity contribution in [2.24, 2.45) is 0 Å². The summed E-state index contributed by atoms with van der Waals surface area (Å²) in [4.78, 5) is 14.6. The highest BCUT2D eigenvalue weighted by Crippen LogP contribution is 2.32. The summed E-state index contributed by atoms with van der Waals surface area (Å²) in [6, 6.07) is 12.3. The van der Waals surface area contributed by atoms with E-state index in [1.165, 1.54) is 16.9 Å². The first-order valence-corrected chi connectivity index (χ1v) is 9.24. The Kier molecular flexibility index (Phi) is 5.69. The first kappa shape index (κ1) is 17.5. The summed E-state index contributed by atoms with van der Waals surface area (Å²) in [5.74, 6) is 0.816. The fourth-order valence-electron chi connectivity index (χ4n) is 3.23. The first-order chi connectivity index (χ1) is 12.2. The highest BCUT2D eigenvalue weighted by molar-refractivity contribution is 7.14. The monoisotopic (exact) mass is 355 g/mol. The lowest BCUT2D eigenvalue weighted by molar-refractivity contribution is -0.116. The number of hydrogen-bond acceptors (Lipinski definition) is 5. The molecule has 1 aromatic heterocycles. The maximum absolute atomic E-state index is 12.2. The van der Waals surface area contributed by atoms with Gasteiger partial charge in [0.1, 0.15) is 16.8 Å². The van der Waals surface area contributed by atoms with Gasteiger partial charge in [-0.3, -0.25) is 9.69 Å². The number of ether oxygens (including phenoxy) is 1. The molecule has 1 aliphatic heterocycles. The Morgan fingerprint density at radius 1 is 1.40 bits per heavy atom. The molecule has 0 radical (unpaired) electrons. The Hall–Kier alpha value is -2.36. The molecule has 1 aromatic carbocycles. The Morgan fingerprint density at radius 3 is 2.92 bits per heavy atom. The lowest BCUT2D eigenvalue weighted by atomic mass is 10.0.